The first kappa shape index (κ1) is 22.2. The van der Waals surface area contributed by atoms with Crippen molar-refractivity contribution in [3.8, 4) is 0 Å². The summed E-state index contributed by atoms with van der Waals surface area (Å²) in [6, 6.07) is 15.0. The molecule has 1 aliphatic rings. The average Bonchev–Trinajstić information content (AvgIpc) is 2.95. The van der Waals surface area contributed by atoms with Crippen LogP contribution in [0.25, 0.3) is 0 Å². The second-order valence-electron chi connectivity index (χ2n) is 7.66. The van der Waals surface area contributed by atoms with Crippen LogP contribution in [0.2, 0.25) is 0 Å². The number of amides is 3. The van der Waals surface area contributed by atoms with E-state index in [0.29, 0.717) is 30.6 Å². The molecule has 0 aliphatic carbocycles. The quantitative estimate of drug-likeness (QED) is 0.525. The normalized spacial score (nSPS) is 13.1. The average molecular weight is 472 g/mol. The molecule has 0 saturated heterocycles. The largest absolute Gasteiger partial charge is 0.337 e. The van der Waals surface area contributed by atoms with Gasteiger partial charge >= 0.3 is 0 Å². The fraction of sp³-hybridized carbons (Fsp3) is 0.348. The summed E-state index contributed by atoms with van der Waals surface area (Å²) in [7, 11) is 3.96. The lowest BCUT2D eigenvalue weighted by Gasteiger charge is -2.25. The van der Waals surface area contributed by atoms with E-state index in [9.17, 15) is 14.4 Å². The highest BCUT2D eigenvalue weighted by Crippen LogP contribution is 2.26. The van der Waals surface area contributed by atoms with Crippen LogP contribution in [-0.2, 0) is 11.3 Å². The van der Waals surface area contributed by atoms with Gasteiger partial charge in [-0.2, -0.15) is 0 Å². The molecule has 7 heteroatoms. The van der Waals surface area contributed by atoms with Crippen molar-refractivity contribution in [2.24, 2.45) is 0 Å². The fourth-order valence-corrected chi connectivity index (χ4v) is 3.79. The van der Waals surface area contributed by atoms with Gasteiger partial charge in [-0.1, -0.05) is 46.3 Å². The molecule has 0 saturated carbocycles. The molecule has 0 aromatic heterocycles. The molecule has 0 N–H and O–H groups in total. The standard InChI is InChI=1S/C23H26BrN3O3/c1-25(2)13-14-26(16-17-7-4-3-5-8-17)21(28)9-6-12-27-22(29)19-11-10-18(24)15-20(19)23(27)30/h3-5,7-8,10-11,15H,6,9,12-14,16H2,1-2H3. The minimum absolute atomic E-state index is 0.0278. The van der Waals surface area contributed by atoms with Gasteiger partial charge in [0.25, 0.3) is 11.8 Å². The van der Waals surface area contributed by atoms with Crippen molar-refractivity contribution in [2.75, 3.05) is 33.7 Å². The molecule has 0 fully saturated rings. The van der Waals surface area contributed by atoms with Gasteiger partial charge in [-0.15, -0.1) is 0 Å². The molecular formula is C23H26BrN3O3. The molecule has 3 amide bonds. The highest BCUT2D eigenvalue weighted by molar-refractivity contribution is 9.10. The second-order valence-corrected chi connectivity index (χ2v) is 8.58. The fourth-order valence-electron chi connectivity index (χ4n) is 3.43. The zero-order chi connectivity index (χ0) is 21.7. The summed E-state index contributed by atoms with van der Waals surface area (Å²) in [5.41, 5.74) is 1.92. The zero-order valence-corrected chi connectivity index (χ0v) is 18.9. The first-order valence-electron chi connectivity index (χ1n) is 9.99. The van der Waals surface area contributed by atoms with Crippen molar-refractivity contribution in [2.45, 2.75) is 19.4 Å². The molecule has 1 heterocycles. The maximum atomic E-state index is 12.9. The molecule has 2 aromatic carbocycles. The number of halogens is 1. The van der Waals surface area contributed by atoms with E-state index in [1.165, 1.54) is 4.90 Å². The Kier molecular flexibility index (Phi) is 7.39. The topological polar surface area (TPSA) is 60.9 Å². The van der Waals surface area contributed by atoms with Crippen molar-refractivity contribution in [3.63, 3.8) is 0 Å². The van der Waals surface area contributed by atoms with E-state index in [1.54, 1.807) is 18.2 Å². The highest BCUT2D eigenvalue weighted by atomic mass is 79.9. The Bertz CT molecular complexity index is 931. The Morgan fingerprint density at radius 1 is 0.967 bits per heavy atom. The first-order chi connectivity index (χ1) is 14.4. The molecular weight excluding hydrogens is 446 g/mol. The molecule has 0 atom stereocenters. The second kappa shape index (κ2) is 10.00. The Labute approximate surface area is 185 Å². The van der Waals surface area contributed by atoms with Gasteiger partial charge in [-0.25, -0.2) is 0 Å². The summed E-state index contributed by atoms with van der Waals surface area (Å²) >= 11 is 3.34. The van der Waals surface area contributed by atoms with E-state index < -0.39 is 0 Å². The summed E-state index contributed by atoms with van der Waals surface area (Å²) in [6.07, 6.45) is 0.732. The van der Waals surface area contributed by atoms with E-state index in [2.05, 4.69) is 15.9 Å². The lowest BCUT2D eigenvalue weighted by Crippen LogP contribution is -2.37. The van der Waals surface area contributed by atoms with Crippen LogP contribution in [0.3, 0.4) is 0 Å². The van der Waals surface area contributed by atoms with Gasteiger partial charge in [0.2, 0.25) is 5.91 Å². The third-order valence-electron chi connectivity index (χ3n) is 5.09. The monoisotopic (exact) mass is 471 g/mol. The SMILES string of the molecule is CN(C)CCN(Cc1ccccc1)C(=O)CCCN1C(=O)c2ccc(Br)cc2C1=O. The lowest BCUT2D eigenvalue weighted by atomic mass is 10.1. The summed E-state index contributed by atoms with van der Waals surface area (Å²) in [6.45, 7) is 2.19. The zero-order valence-electron chi connectivity index (χ0n) is 17.3. The van der Waals surface area contributed by atoms with Gasteiger partial charge in [0.15, 0.2) is 0 Å². The van der Waals surface area contributed by atoms with E-state index >= 15 is 0 Å². The summed E-state index contributed by atoms with van der Waals surface area (Å²) in [5.74, 6) is -0.554. The molecule has 1 aliphatic heterocycles. The van der Waals surface area contributed by atoms with Crippen LogP contribution in [0, 0.1) is 0 Å². The van der Waals surface area contributed by atoms with Crippen molar-refractivity contribution in [1.82, 2.24) is 14.7 Å². The summed E-state index contributed by atoms with van der Waals surface area (Å²) in [5, 5.41) is 0. The van der Waals surface area contributed by atoms with Gasteiger partial charge in [-0.05, 0) is 44.3 Å². The number of hydrogen-bond acceptors (Lipinski definition) is 4. The van der Waals surface area contributed by atoms with Crippen LogP contribution in [-0.4, -0.2) is 66.2 Å². The number of carbonyl (C=O) groups is 3. The Morgan fingerprint density at radius 3 is 2.37 bits per heavy atom. The van der Waals surface area contributed by atoms with E-state index in [4.69, 9.17) is 0 Å². The number of rotatable bonds is 9. The predicted octanol–water partition coefficient (Wildman–Crippen LogP) is 3.42. The van der Waals surface area contributed by atoms with Crippen molar-refractivity contribution in [3.05, 3.63) is 69.7 Å². The number of imide groups is 1. The van der Waals surface area contributed by atoms with Gasteiger partial charge in [-0.3, -0.25) is 19.3 Å². The Hall–Kier alpha value is -2.51. The van der Waals surface area contributed by atoms with E-state index in [0.717, 1.165) is 16.6 Å². The van der Waals surface area contributed by atoms with Gasteiger partial charge in [0, 0.05) is 37.1 Å². The number of benzene rings is 2. The minimum atomic E-state index is -0.294. The van der Waals surface area contributed by atoms with E-state index in [1.807, 2.05) is 54.2 Å². The number of carbonyl (C=O) groups excluding carboxylic acids is 3. The van der Waals surface area contributed by atoms with Crippen LogP contribution >= 0.6 is 15.9 Å². The number of hydrogen-bond donors (Lipinski definition) is 0. The van der Waals surface area contributed by atoms with Crippen LogP contribution in [0.5, 0.6) is 0 Å². The summed E-state index contributed by atoms with van der Waals surface area (Å²) in [4.78, 5) is 43.1. The van der Waals surface area contributed by atoms with Crippen LogP contribution in [0.1, 0.15) is 39.1 Å². The van der Waals surface area contributed by atoms with Crippen molar-refractivity contribution in [1.29, 1.82) is 0 Å². The molecule has 0 bridgehead atoms. The van der Waals surface area contributed by atoms with Crippen molar-refractivity contribution >= 4 is 33.7 Å². The molecule has 3 rings (SSSR count). The number of fused-ring (bicyclic) bond motifs is 1. The van der Waals surface area contributed by atoms with Crippen LogP contribution < -0.4 is 0 Å². The Morgan fingerprint density at radius 2 is 1.67 bits per heavy atom. The molecule has 30 heavy (non-hydrogen) atoms. The van der Waals surface area contributed by atoms with Crippen molar-refractivity contribution < 1.29 is 14.4 Å². The minimum Gasteiger partial charge on any atom is -0.337 e. The predicted molar refractivity (Wildman–Crippen MR) is 119 cm³/mol. The van der Waals surface area contributed by atoms with Gasteiger partial charge < -0.3 is 9.80 Å². The molecule has 2 aromatic rings. The van der Waals surface area contributed by atoms with Crippen LogP contribution in [0.4, 0.5) is 0 Å². The van der Waals surface area contributed by atoms with Gasteiger partial charge in [0.1, 0.15) is 0 Å². The smallest absolute Gasteiger partial charge is 0.261 e. The van der Waals surface area contributed by atoms with E-state index in [-0.39, 0.29) is 30.7 Å². The number of likely N-dealkylation sites (N-methyl/N-ethyl adjacent to an activating group) is 1. The first-order valence-corrected chi connectivity index (χ1v) is 10.8. The van der Waals surface area contributed by atoms with Crippen LogP contribution in [0.15, 0.2) is 53.0 Å². The lowest BCUT2D eigenvalue weighted by molar-refractivity contribution is -0.132. The molecule has 0 spiro atoms. The maximum Gasteiger partial charge on any atom is 0.261 e. The third-order valence-corrected chi connectivity index (χ3v) is 5.58. The Balaban J connectivity index is 1.58. The highest BCUT2D eigenvalue weighted by Gasteiger charge is 2.35. The molecule has 6 nitrogen and oxygen atoms in total. The summed E-state index contributed by atoms with van der Waals surface area (Å²) < 4.78 is 0.761. The maximum absolute atomic E-state index is 12.9. The van der Waals surface area contributed by atoms with Gasteiger partial charge in [0.05, 0.1) is 11.1 Å². The molecule has 158 valence electrons. The third kappa shape index (κ3) is 5.34. The number of nitrogens with zero attached hydrogens (tertiary/aromatic N) is 3. The molecule has 0 unspecified atom stereocenters. The molecule has 0 radical (unpaired) electrons.